The van der Waals surface area contributed by atoms with Crippen LogP contribution in [-0.4, -0.2) is 57.7 Å². The second-order valence-electron chi connectivity index (χ2n) is 6.95. The molecule has 3 heterocycles. The fraction of sp³-hybridized carbons (Fsp3) is 0.381. The maximum atomic E-state index is 12.7. The Labute approximate surface area is 174 Å². The van der Waals surface area contributed by atoms with Crippen LogP contribution >= 0.6 is 0 Å². The van der Waals surface area contributed by atoms with Crippen molar-refractivity contribution >= 4 is 5.91 Å². The van der Waals surface area contributed by atoms with Gasteiger partial charge in [0.05, 0.1) is 31.6 Å². The Morgan fingerprint density at radius 1 is 1.23 bits per heavy atom. The number of hydrogen-bond acceptors (Lipinski definition) is 8. The van der Waals surface area contributed by atoms with E-state index >= 15 is 0 Å². The lowest BCUT2D eigenvalue weighted by Gasteiger charge is -2.33. The Morgan fingerprint density at radius 3 is 2.77 bits per heavy atom. The molecule has 1 atom stereocenters. The molecule has 1 fully saturated rings. The molecule has 1 aromatic carbocycles. The van der Waals surface area contributed by atoms with E-state index in [9.17, 15) is 4.79 Å². The molecule has 1 aliphatic heterocycles. The van der Waals surface area contributed by atoms with Crippen molar-refractivity contribution < 1.29 is 18.8 Å². The third kappa shape index (κ3) is 4.46. The number of rotatable bonds is 6. The number of morpholine rings is 1. The van der Waals surface area contributed by atoms with Crippen LogP contribution in [0.2, 0.25) is 0 Å². The predicted octanol–water partition coefficient (Wildman–Crippen LogP) is 2.38. The normalized spacial score (nSPS) is 16.5. The van der Waals surface area contributed by atoms with Crippen LogP contribution in [-0.2, 0) is 16.0 Å². The van der Waals surface area contributed by atoms with E-state index in [4.69, 9.17) is 14.0 Å². The number of benzene rings is 1. The first kappa shape index (κ1) is 20.0. The van der Waals surface area contributed by atoms with Crippen LogP contribution in [0.4, 0.5) is 0 Å². The van der Waals surface area contributed by atoms with E-state index in [0.717, 1.165) is 17.0 Å². The maximum Gasteiger partial charge on any atom is 0.227 e. The second kappa shape index (κ2) is 9.00. The van der Waals surface area contributed by atoms with E-state index < -0.39 is 0 Å². The number of methoxy groups -OCH3 is 1. The topological polar surface area (TPSA) is 103 Å². The monoisotopic (exact) mass is 409 g/mol. The summed E-state index contributed by atoms with van der Waals surface area (Å²) in [7, 11) is 1.63. The van der Waals surface area contributed by atoms with Crippen molar-refractivity contribution in [3.8, 4) is 17.0 Å². The molecule has 0 radical (unpaired) electrons. The molecule has 1 saturated heterocycles. The van der Waals surface area contributed by atoms with Crippen LogP contribution in [0.15, 0.2) is 41.2 Å². The van der Waals surface area contributed by atoms with Gasteiger partial charge < -0.3 is 18.9 Å². The zero-order chi connectivity index (χ0) is 20.9. The van der Waals surface area contributed by atoms with Crippen molar-refractivity contribution in [2.24, 2.45) is 0 Å². The predicted molar refractivity (Wildman–Crippen MR) is 107 cm³/mol. The summed E-state index contributed by atoms with van der Waals surface area (Å²) in [5.41, 5.74) is 2.37. The molecular weight excluding hydrogens is 386 g/mol. The lowest BCUT2D eigenvalue weighted by molar-refractivity contribution is -0.139. The number of hydrogen-bond donors (Lipinski definition) is 0. The van der Waals surface area contributed by atoms with Gasteiger partial charge in [-0.3, -0.25) is 14.8 Å². The molecule has 0 saturated carbocycles. The molecule has 0 unspecified atom stereocenters. The van der Waals surface area contributed by atoms with Crippen molar-refractivity contribution in [2.75, 3.05) is 26.8 Å². The third-order valence-electron chi connectivity index (χ3n) is 4.94. The molecule has 0 bridgehead atoms. The first-order chi connectivity index (χ1) is 14.6. The summed E-state index contributed by atoms with van der Waals surface area (Å²) in [5, 5.41) is 3.75. The van der Waals surface area contributed by atoms with E-state index in [0.29, 0.717) is 49.9 Å². The summed E-state index contributed by atoms with van der Waals surface area (Å²) in [5.74, 6) is 1.83. The molecule has 0 aliphatic carbocycles. The minimum absolute atomic E-state index is 0.0223. The SMILES string of the molecule is COc1ccc(-c2nccnc2[C@H]2CN(C(=O)CCc3nc(C)no3)CCO2)cc1. The molecule has 30 heavy (non-hydrogen) atoms. The van der Waals surface area contributed by atoms with Crippen molar-refractivity contribution in [3.63, 3.8) is 0 Å². The zero-order valence-corrected chi connectivity index (χ0v) is 16.9. The fourth-order valence-corrected chi connectivity index (χ4v) is 3.41. The number of aromatic nitrogens is 4. The number of aryl methyl sites for hydroxylation is 2. The minimum atomic E-state index is -0.348. The van der Waals surface area contributed by atoms with Crippen molar-refractivity contribution in [1.82, 2.24) is 25.0 Å². The number of carbonyl (C=O) groups excluding carboxylic acids is 1. The van der Waals surface area contributed by atoms with Crippen LogP contribution in [0, 0.1) is 6.92 Å². The molecule has 3 aromatic rings. The van der Waals surface area contributed by atoms with Gasteiger partial charge in [0.1, 0.15) is 11.9 Å². The van der Waals surface area contributed by atoms with E-state index in [-0.39, 0.29) is 12.0 Å². The Kier molecular flexibility index (Phi) is 5.99. The van der Waals surface area contributed by atoms with Gasteiger partial charge >= 0.3 is 0 Å². The molecule has 1 aliphatic rings. The molecule has 0 spiro atoms. The maximum absolute atomic E-state index is 12.7. The first-order valence-electron chi connectivity index (χ1n) is 9.78. The van der Waals surface area contributed by atoms with Crippen LogP contribution in [0.3, 0.4) is 0 Å². The largest absolute Gasteiger partial charge is 0.497 e. The van der Waals surface area contributed by atoms with Crippen LogP contribution in [0.25, 0.3) is 11.3 Å². The number of ether oxygens (including phenoxy) is 2. The minimum Gasteiger partial charge on any atom is -0.497 e. The molecule has 156 valence electrons. The summed E-state index contributed by atoms with van der Waals surface area (Å²) >= 11 is 0. The summed E-state index contributed by atoms with van der Waals surface area (Å²) < 4.78 is 16.3. The Bertz CT molecular complexity index is 1000. The van der Waals surface area contributed by atoms with E-state index in [2.05, 4.69) is 20.1 Å². The van der Waals surface area contributed by atoms with Crippen molar-refractivity contribution in [3.05, 3.63) is 54.1 Å². The van der Waals surface area contributed by atoms with Crippen LogP contribution in [0.5, 0.6) is 5.75 Å². The standard InChI is InChI=1S/C21H23N5O4/c1-14-24-18(30-25-14)7-8-19(27)26-11-12-29-17(13-26)21-20(22-9-10-23-21)15-3-5-16(28-2)6-4-15/h3-6,9-10,17H,7-8,11-13H2,1-2H3/t17-/m1/s1. The highest BCUT2D eigenvalue weighted by Crippen LogP contribution is 2.30. The highest BCUT2D eigenvalue weighted by molar-refractivity contribution is 5.76. The number of carbonyl (C=O) groups is 1. The van der Waals surface area contributed by atoms with Gasteiger partial charge in [0.2, 0.25) is 11.8 Å². The summed E-state index contributed by atoms with van der Waals surface area (Å²) in [6.45, 7) is 3.15. The molecule has 9 nitrogen and oxygen atoms in total. The van der Waals surface area contributed by atoms with Gasteiger partial charge in [-0.05, 0) is 31.2 Å². The zero-order valence-electron chi connectivity index (χ0n) is 16.9. The fourth-order valence-electron chi connectivity index (χ4n) is 3.41. The van der Waals surface area contributed by atoms with Gasteiger partial charge in [-0.25, -0.2) is 0 Å². The van der Waals surface area contributed by atoms with Gasteiger partial charge in [0.15, 0.2) is 5.82 Å². The van der Waals surface area contributed by atoms with Gasteiger partial charge in [-0.2, -0.15) is 4.98 Å². The van der Waals surface area contributed by atoms with Gasteiger partial charge in [-0.1, -0.05) is 5.16 Å². The van der Waals surface area contributed by atoms with Crippen molar-refractivity contribution in [1.29, 1.82) is 0 Å². The lowest BCUT2D eigenvalue weighted by atomic mass is 10.0. The molecular formula is C21H23N5O4. The van der Waals surface area contributed by atoms with Crippen molar-refractivity contribution in [2.45, 2.75) is 25.9 Å². The Balaban J connectivity index is 1.47. The Morgan fingerprint density at radius 2 is 2.03 bits per heavy atom. The second-order valence-corrected chi connectivity index (χ2v) is 6.95. The summed E-state index contributed by atoms with van der Waals surface area (Å²) in [6, 6.07) is 7.63. The molecule has 4 rings (SSSR count). The molecule has 9 heteroatoms. The third-order valence-corrected chi connectivity index (χ3v) is 4.94. The van der Waals surface area contributed by atoms with Gasteiger partial charge in [-0.15, -0.1) is 0 Å². The number of amides is 1. The molecule has 0 N–H and O–H groups in total. The molecule has 2 aromatic heterocycles. The quantitative estimate of drug-likeness (QED) is 0.611. The Hall–Kier alpha value is -3.33. The first-order valence-corrected chi connectivity index (χ1v) is 9.78. The van der Waals surface area contributed by atoms with Crippen LogP contribution < -0.4 is 4.74 Å². The van der Waals surface area contributed by atoms with Gasteiger partial charge in [0.25, 0.3) is 0 Å². The average Bonchev–Trinajstić information content (AvgIpc) is 3.22. The van der Waals surface area contributed by atoms with E-state index in [1.165, 1.54) is 0 Å². The summed E-state index contributed by atoms with van der Waals surface area (Å²) in [4.78, 5) is 27.7. The highest BCUT2D eigenvalue weighted by atomic mass is 16.5. The van der Waals surface area contributed by atoms with E-state index in [1.807, 2.05) is 24.3 Å². The van der Waals surface area contributed by atoms with Gasteiger partial charge in [0, 0.05) is 37.3 Å². The lowest BCUT2D eigenvalue weighted by Crippen LogP contribution is -2.42. The number of nitrogens with zero attached hydrogens (tertiary/aromatic N) is 5. The summed E-state index contributed by atoms with van der Waals surface area (Å²) in [6.07, 6.45) is 3.68. The highest BCUT2D eigenvalue weighted by Gasteiger charge is 2.28. The average molecular weight is 409 g/mol. The van der Waals surface area contributed by atoms with E-state index in [1.54, 1.807) is 31.3 Å². The van der Waals surface area contributed by atoms with Crippen LogP contribution in [0.1, 0.15) is 29.9 Å². The molecule has 1 amide bonds. The smallest absolute Gasteiger partial charge is 0.227 e.